The van der Waals surface area contributed by atoms with E-state index in [9.17, 15) is 19.8 Å². The van der Waals surface area contributed by atoms with E-state index >= 15 is 0 Å². The number of hydrogen-bond donors (Lipinski definition) is 2. The second-order valence-electron chi connectivity index (χ2n) is 12.0. The van der Waals surface area contributed by atoms with E-state index in [1.165, 1.54) is 0 Å². The number of esters is 1. The van der Waals surface area contributed by atoms with Crippen LogP contribution in [0.2, 0.25) is 0 Å². The predicted octanol–water partition coefficient (Wildman–Crippen LogP) is 3.49. The number of rotatable bonds is 1. The Morgan fingerprint density at radius 3 is 2.60 bits per heavy atom. The average Bonchev–Trinajstić information content (AvgIpc) is 2.96. The molecule has 0 aromatic heterocycles. The maximum Gasteiger partial charge on any atom is 0.334 e. The molecule has 3 fully saturated rings. The largest absolute Gasteiger partial charge is 0.456 e. The molecule has 7 nitrogen and oxygen atoms in total. The molecule has 2 bridgehead atoms. The van der Waals surface area contributed by atoms with Gasteiger partial charge in [-0.15, -0.1) is 0 Å². The first kappa shape index (κ1) is 23.6. The molecular weight excluding hydrogens is 448 g/mol. The van der Waals surface area contributed by atoms with Crippen LogP contribution in [0.3, 0.4) is 0 Å². The average molecular weight is 485 g/mol. The summed E-state index contributed by atoms with van der Waals surface area (Å²) in [7, 11) is 0. The van der Waals surface area contributed by atoms with E-state index in [0.717, 1.165) is 11.1 Å². The highest BCUT2D eigenvalue weighted by Gasteiger charge is 2.72. The second kappa shape index (κ2) is 7.37. The minimum absolute atomic E-state index is 0.0949. The fourth-order valence-electron chi connectivity index (χ4n) is 8.29. The Hall–Kier alpha value is -1.80. The topological polar surface area (TPSA) is 102 Å². The summed E-state index contributed by atoms with van der Waals surface area (Å²) >= 11 is 0. The van der Waals surface area contributed by atoms with Crippen molar-refractivity contribution in [1.82, 2.24) is 0 Å². The maximum absolute atomic E-state index is 13.3. The van der Waals surface area contributed by atoms with Crippen molar-refractivity contribution in [2.45, 2.75) is 102 Å². The third kappa shape index (κ3) is 2.93. The van der Waals surface area contributed by atoms with Gasteiger partial charge in [-0.1, -0.05) is 23.8 Å². The zero-order valence-electron chi connectivity index (χ0n) is 21.0. The van der Waals surface area contributed by atoms with Crippen LogP contribution in [0.15, 0.2) is 34.9 Å². The van der Waals surface area contributed by atoms with Crippen LogP contribution in [0.4, 0.5) is 0 Å². The van der Waals surface area contributed by atoms with Gasteiger partial charge in [-0.25, -0.2) is 4.79 Å². The fourth-order valence-corrected chi connectivity index (χ4v) is 8.29. The Bertz CT molecular complexity index is 1090. The number of Topliss-reactive ketones (excluding diaryl/α,β-unsaturated/α-hetero) is 1. The fraction of sp³-hybridized carbons (Fsp3) is 0.714. The van der Waals surface area contributed by atoms with E-state index < -0.39 is 34.8 Å². The molecular formula is C28H36O7. The monoisotopic (exact) mass is 484 g/mol. The smallest absolute Gasteiger partial charge is 0.334 e. The van der Waals surface area contributed by atoms with Gasteiger partial charge in [0.25, 0.3) is 0 Å². The predicted molar refractivity (Wildman–Crippen MR) is 126 cm³/mol. The number of aliphatic hydroxyl groups excluding tert-OH is 1. The third-order valence-electron chi connectivity index (χ3n) is 10.6. The zero-order chi connectivity index (χ0) is 25.0. The summed E-state index contributed by atoms with van der Waals surface area (Å²) in [5.74, 6) is -2.25. The molecule has 0 radical (unpaired) electrons. The first-order chi connectivity index (χ1) is 16.5. The number of carbonyl (C=O) groups excluding carboxylic acids is 2. The number of aliphatic hydroxyl groups is 2. The Labute approximate surface area is 206 Å². The van der Waals surface area contributed by atoms with Gasteiger partial charge in [0.05, 0.1) is 5.41 Å². The Morgan fingerprint density at radius 1 is 1.09 bits per heavy atom. The molecule has 35 heavy (non-hydrogen) atoms. The van der Waals surface area contributed by atoms with Crippen LogP contribution in [0.5, 0.6) is 0 Å². The van der Waals surface area contributed by atoms with Gasteiger partial charge in [0.1, 0.15) is 23.1 Å². The Kier molecular flexibility index (Phi) is 4.97. The molecule has 2 aliphatic carbocycles. The molecule has 1 spiro atoms. The lowest BCUT2D eigenvalue weighted by Crippen LogP contribution is -2.62. The molecule has 4 heterocycles. The van der Waals surface area contributed by atoms with Crippen molar-refractivity contribution in [3.8, 4) is 0 Å². The van der Waals surface area contributed by atoms with Crippen LogP contribution < -0.4 is 0 Å². The third-order valence-corrected chi connectivity index (χ3v) is 10.6. The van der Waals surface area contributed by atoms with Crippen molar-refractivity contribution < 1.29 is 34.0 Å². The quantitative estimate of drug-likeness (QED) is 0.549. The molecule has 6 rings (SSSR count). The number of ketones is 1. The Balaban J connectivity index is 1.38. The standard InChI is InChI=1S/C28H36O7/c1-15-14-22(33-23(30)16(15)2)26(4)20-11-13-28(32)19-9-8-17-6-5-7-21(29)25(17,3)18(19)10-12-27(20,35-28)24(31)34-26/h5-6,8,18-20,22,24,31-32H,7,9-14H2,1-4H3/t18-,19?,20?,22+,24?,25-,26+,27+,28+/m0/s1. The van der Waals surface area contributed by atoms with Gasteiger partial charge in [0.15, 0.2) is 12.1 Å². The minimum Gasteiger partial charge on any atom is -0.456 e. The van der Waals surface area contributed by atoms with Gasteiger partial charge in [-0.3, -0.25) is 4.79 Å². The minimum atomic E-state index is -1.46. The van der Waals surface area contributed by atoms with Crippen molar-refractivity contribution in [3.63, 3.8) is 0 Å². The first-order valence-electron chi connectivity index (χ1n) is 13.0. The summed E-state index contributed by atoms with van der Waals surface area (Å²) in [5, 5.41) is 23.4. The van der Waals surface area contributed by atoms with Crippen molar-refractivity contribution >= 4 is 11.8 Å². The van der Waals surface area contributed by atoms with Crippen molar-refractivity contribution in [1.29, 1.82) is 0 Å². The van der Waals surface area contributed by atoms with Gasteiger partial charge < -0.3 is 24.4 Å². The normalized spacial score (nSPS) is 51.1. The Morgan fingerprint density at radius 2 is 1.86 bits per heavy atom. The highest BCUT2D eigenvalue weighted by Crippen LogP contribution is 2.64. The van der Waals surface area contributed by atoms with Crippen LogP contribution in [0, 0.1) is 23.2 Å². The maximum atomic E-state index is 13.3. The summed E-state index contributed by atoms with van der Waals surface area (Å²) in [6.45, 7) is 7.62. The number of ether oxygens (including phenoxy) is 3. The molecule has 6 aliphatic rings. The molecule has 0 aromatic rings. The number of hydrogen-bond acceptors (Lipinski definition) is 7. The molecule has 4 aliphatic heterocycles. The molecule has 7 heteroatoms. The SMILES string of the molecule is CC1=C(C)C(=O)O[C@@H]([C@]2(C)OC(O)[C@@]34CC[C@H]5C(CC=C6C=CCC(=O)[C@@]65C)[C@@](O)(CCC32)O4)C1. The summed E-state index contributed by atoms with van der Waals surface area (Å²) in [6, 6.07) is 0. The van der Waals surface area contributed by atoms with Gasteiger partial charge in [0, 0.05) is 36.7 Å². The van der Waals surface area contributed by atoms with Crippen molar-refractivity contribution in [3.05, 3.63) is 34.9 Å². The van der Waals surface area contributed by atoms with E-state index in [4.69, 9.17) is 14.2 Å². The lowest BCUT2D eigenvalue weighted by Gasteiger charge is -2.53. The first-order valence-corrected chi connectivity index (χ1v) is 13.0. The number of allylic oxidation sites excluding steroid dienone is 4. The van der Waals surface area contributed by atoms with Gasteiger partial charge in [-0.05, 0) is 64.9 Å². The molecule has 3 saturated heterocycles. The van der Waals surface area contributed by atoms with E-state index in [1.54, 1.807) is 6.92 Å². The van der Waals surface area contributed by atoms with E-state index in [0.29, 0.717) is 50.5 Å². The number of carbonyl (C=O) groups is 2. The number of cyclic esters (lactones) is 1. The van der Waals surface area contributed by atoms with Gasteiger partial charge in [0.2, 0.25) is 0 Å². The van der Waals surface area contributed by atoms with Gasteiger partial charge in [-0.2, -0.15) is 0 Å². The van der Waals surface area contributed by atoms with Crippen LogP contribution >= 0.6 is 0 Å². The van der Waals surface area contributed by atoms with Crippen LogP contribution in [0.25, 0.3) is 0 Å². The summed E-state index contributed by atoms with van der Waals surface area (Å²) in [6.07, 6.45) is 7.87. The highest BCUT2D eigenvalue weighted by molar-refractivity contribution is 5.91. The van der Waals surface area contributed by atoms with E-state index in [-0.39, 0.29) is 29.5 Å². The number of fused-ring (bicyclic) bond motifs is 5. The van der Waals surface area contributed by atoms with Crippen molar-refractivity contribution in [2.75, 3.05) is 0 Å². The lowest BCUT2D eigenvalue weighted by atomic mass is 9.55. The molecule has 9 atom stereocenters. The zero-order valence-corrected chi connectivity index (χ0v) is 21.0. The summed E-state index contributed by atoms with van der Waals surface area (Å²) in [4.78, 5) is 25.8. The highest BCUT2D eigenvalue weighted by atomic mass is 16.7. The van der Waals surface area contributed by atoms with Crippen molar-refractivity contribution in [2.24, 2.45) is 23.2 Å². The summed E-state index contributed by atoms with van der Waals surface area (Å²) < 4.78 is 18.7. The van der Waals surface area contributed by atoms with Crippen LogP contribution in [0.1, 0.15) is 72.6 Å². The molecule has 0 saturated carbocycles. The molecule has 0 aromatic carbocycles. The molecule has 190 valence electrons. The summed E-state index contributed by atoms with van der Waals surface area (Å²) in [5.41, 5.74) is -0.143. The van der Waals surface area contributed by atoms with Gasteiger partial charge >= 0.3 is 5.97 Å². The van der Waals surface area contributed by atoms with E-state index in [2.05, 4.69) is 12.2 Å². The molecule has 2 N–H and O–H groups in total. The van der Waals surface area contributed by atoms with Crippen LogP contribution in [-0.4, -0.2) is 51.3 Å². The van der Waals surface area contributed by atoms with Crippen LogP contribution in [-0.2, 0) is 23.8 Å². The second-order valence-corrected chi connectivity index (χ2v) is 12.0. The molecule has 0 amide bonds. The lowest BCUT2D eigenvalue weighted by molar-refractivity contribution is -0.346. The molecule has 3 unspecified atom stereocenters. The van der Waals surface area contributed by atoms with E-state index in [1.807, 2.05) is 26.8 Å².